The number of halogens is 3. The highest BCUT2D eigenvalue weighted by Crippen LogP contribution is 2.49. The van der Waals surface area contributed by atoms with Gasteiger partial charge in [-0.3, -0.25) is 4.79 Å². The minimum Gasteiger partial charge on any atom is -0.369 e. The number of urea groups is 1. The molecule has 1 atom stereocenters. The Morgan fingerprint density at radius 1 is 1.10 bits per heavy atom. The molecule has 2 saturated heterocycles. The number of amides is 3. The summed E-state index contributed by atoms with van der Waals surface area (Å²) in [4.78, 5) is 26.9. The Balaban J connectivity index is 1.26. The van der Waals surface area contributed by atoms with E-state index in [2.05, 4.69) is 4.72 Å². The summed E-state index contributed by atoms with van der Waals surface area (Å²) in [6.07, 6.45) is -2.85. The molecular weight excluding hydrogens is 437 g/mol. The molecule has 12 heteroatoms. The van der Waals surface area contributed by atoms with Gasteiger partial charge in [0.1, 0.15) is 0 Å². The van der Waals surface area contributed by atoms with Crippen LogP contribution in [-0.2, 0) is 21.0 Å². The van der Waals surface area contributed by atoms with Crippen LogP contribution in [0.2, 0.25) is 0 Å². The number of carbonyl (C=O) groups is 2. The molecule has 170 valence electrons. The van der Waals surface area contributed by atoms with Crippen molar-refractivity contribution in [2.75, 3.05) is 26.2 Å². The van der Waals surface area contributed by atoms with Crippen LogP contribution in [0.4, 0.5) is 18.0 Å². The van der Waals surface area contributed by atoms with Crippen LogP contribution >= 0.6 is 0 Å². The summed E-state index contributed by atoms with van der Waals surface area (Å²) in [5, 5.41) is 0. The number of hydrogen-bond donors (Lipinski definition) is 2. The Kier molecular flexibility index (Phi) is 5.20. The smallest absolute Gasteiger partial charge is 0.369 e. The maximum absolute atomic E-state index is 12.6. The summed E-state index contributed by atoms with van der Waals surface area (Å²) in [6.45, 7) is 1.85. The van der Waals surface area contributed by atoms with Crippen LogP contribution < -0.4 is 10.5 Å². The SMILES string of the molecule is NC(=O)[C@H]1CCN(C(=O)N2CC3(CC(NS(=O)(=O)c4ccc(C(F)(F)F)cc4)C3)C2)C1. The van der Waals surface area contributed by atoms with E-state index >= 15 is 0 Å². The van der Waals surface area contributed by atoms with E-state index in [-0.39, 0.29) is 28.3 Å². The number of benzene rings is 1. The van der Waals surface area contributed by atoms with Crippen LogP contribution in [0.3, 0.4) is 0 Å². The number of likely N-dealkylation sites (tertiary alicyclic amines) is 2. The molecular formula is C19H23F3N4O4S. The molecule has 3 amide bonds. The molecule has 1 aromatic carbocycles. The summed E-state index contributed by atoms with van der Waals surface area (Å²) in [5.41, 5.74) is 4.25. The molecule has 1 saturated carbocycles. The number of sulfonamides is 1. The van der Waals surface area contributed by atoms with E-state index < -0.39 is 27.7 Å². The standard InChI is InChI=1S/C19H23F3N4O4S/c20-19(21,22)13-1-3-15(4-2-13)31(29,30)24-14-7-18(8-14)10-26(11-18)17(28)25-6-5-12(9-25)16(23)27/h1-4,12,14,24H,5-11H2,(H2,23,27)/t12-/m0/s1. The lowest BCUT2D eigenvalue weighted by molar-refractivity contribution is -0.137. The first-order valence-corrected chi connectivity index (χ1v) is 11.4. The minimum absolute atomic E-state index is 0.133. The third kappa shape index (κ3) is 4.22. The first-order chi connectivity index (χ1) is 14.4. The summed E-state index contributed by atoms with van der Waals surface area (Å²) in [6, 6.07) is 2.91. The largest absolute Gasteiger partial charge is 0.416 e. The van der Waals surface area contributed by atoms with Crippen molar-refractivity contribution in [1.29, 1.82) is 0 Å². The highest BCUT2D eigenvalue weighted by molar-refractivity contribution is 7.89. The van der Waals surface area contributed by atoms with Crippen molar-refractivity contribution < 1.29 is 31.2 Å². The van der Waals surface area contributed by atoms with Crippen LogP contribution in [0.15, 0.2) is 29.2 Å². The van der Waals surface area contributed by atoms with Gasteiger partial charge in [-0.2, -0.15) is 13.2 Å². The van der Waals surface area contributed by atoms with Crippen LogP contribution in [-0.4, -0.2) is 62.4 Å². The summed E-state index contributed by atoms with van der Waals surface area (Å²) >= 11 is 0. The van der Waals surface area contributed by atoms with Gasteiger partial charge in [-0.25, -0.2) is 17.9 Å². The zero-order valence-corrected chi connectivity index (χ0v) is 17.4. The number of hydrogen-bond acceptors (Lipinski definition) is 4. The number of nitrogens with two attached hydrogens (primary N) is 1. The third-order valence-corrected chi connectivity index (χ3v) is 7.89. The fourth-order valence-electron chi connectivity index (χ4n) is 4.70. The van der Waals surface area contributed by atoms with Crippen molar-refractivity contribution in [2.24, 2.45) is 17.1 Å². The Bertz CT molecular complexity index is 982. The van der Waals surface area contributed by atoms with Crippen molar-refractivity contribution in [3.63, 3.8) is 0 Å². The molecule has 2 aliphatic heterocycles. The zero-order chi connectivity index (χ0) is 22.6. The maximum atomic E-state index is 12.6. The molecule has 0 aromatic heterocycles. The predicted octanol–water partition coefficient (Wildman–Crippen LogP) is 1.38. The van der Waals surface area contributed by atoms with E-state index in [1.807, 2.05) is 0 Å². The second-order valence-corrected chi connectivity index (χ2v) is 10.4. The Morgan fingerprint density at radius 2 is 1.71 bits per heavy atom. The highest BCUT2D eigenvalue weighted by Gasteiger charge is 2.55. The van der Waals surface area contributed by atoms with Crippen molar-refractivity contribution in [3.05, 3.63) is 29.8 Å². The molecule has 3 aliphatic rings. The number of carbonyl (C=O) groups excluding carboxylic acids is 2. The maximum Gasteiger partial charge on any atom is 0.416 e. The third-order valence-electron chi connectivity index (χ3n) is 6.36. The number of nitrogens with one attached hydrogen (secondary N) is 1. The van der Waals surface area contributed by atoms with Gasteiger partial charge in [0.2, 0.25) is 15.9 Å². The second kappa shape index (κ2) is 7.37. The summed E-state index contributed by atoms with van der Waals surface area (Å²) < 4.78 is 65.4. The van der Waals surface area contributed by atoms with Gasteiger partial charge < -0.3 is 15.5 Å². The predicted molar refractivity (Wildman–Crippen MR) is 103 cm³/mol. The fourth-order valence-corrected chi connectivity index (χ4v) is 5.94. The van der Waals surface area contributed by atoms with E-state index in [0.29, 0.717) is 45.4 Å². The van der Waals surface area contributed by atoms with E-state index in [1.165, 1.54) is 0 Å². The topological polar surface area (TPSA) is 113 Å². The molecule has 3 fully saturated rings. The van der Waals surface area contributed by atoms with E-state index in [9.17, 15) is 31.2 Å². The van der Waals surface area contributed by atoms with Gasteiger partial charge in [0.15, 0.2) is 0 Å². The molecule has 0 bridgehead atoms. The quantitative estimate of drug-likeness (QED) is 0.707. The average molecular weight is 460 g/mol. The second-order valence-electron chi connectivity index (χ2n) is 8.72. The summed E-state index contributed by atoms with van der Waals surface area (Å²) in [5.74, 6) is -0.718. The van der Waals surface area contributed by atoms with Gasteiger partial charge in [0.05, 0.1) is 16.4 Å². The van der Waals surface area contributed by atoms with Gasteiger partial charge in [0, 0.05) is 37.6 Å². The van der Waals surface area contributed by atoms with Crippen molar-refractivity contribution in [3.8, 4) is 0 Å². The minimum atomic E-state index is -4.53. The Morgan fingerprint density at radius 3 is 2.23 bits per heavy atom. The molecule has 8 nitrogen and oxygen atoms in total. The lowest BCUT2D eigenvalue weighted by Crippen LogP contribution is -2.68. The number of rotatable bonds is 4. The number of alkyl halides is 3. The van der Waals surface area contributed by atoms with Crippen molar-refractivity contribution >= 4 is 22.0 Å². The molecule has 1 spiro atoms. The van der Waals surface area contributed by atoms with E-state index in [4.69, 9.17) is 5.73 Å². The molecule has 1 aromatic rings. The highest BCUT2D eigenvalue weighted by atomic mass is 32.2. The summed E-state index contributed by atoms with van der Waals surface area (Å²) in [7, 11) is -3.92. The normalized spacial score (nSPS) is 23.5. The molecule has 4 rings (SSSR count). The van der Waals surface area contributed by atoms with Crippen LogP contribution in [0.1, 0.15) is 24.8 Å². The van der Waals surface area contributed by atoms with Gasteiger partial charge >= 0.3 is 12.2 Å². The monoisotopic (exact) mass is 460 g/mol. The van der Waals surface area contributed by atoms with E-state index in [1.54, 1.807) is 9.80 Å². The van der Waals surface area contributed by atoms with Crippen LogP contribution in [0.5, 0.6) is 0 Å². The van der Waals surface area contributed by atoms with Gasteiger partial charge in [-0.1, -0.05) is 0 Å². The van der Waals surface area contributed by atoms with Crippen LogP contribution in [0.25, 0.3) is 0 Å². The molecule has 31 heavy (non-hydrogen) atoms. The van der Waals surface area contributed by atoms with Gasteiger partial charge in [-0.15, -0.1) is 0 Å². The van der Waals surface area contributed by atoms with Crippen LogP contribution in [0, 0.1) is 11.3 Å². The molecule has 2 heterocycles. The number of primary amides is 1. The first kappa shape index (κ1) is 21.9. The van der Waals surface area contributed by atoms with Crippen molar-refractivity contribution in [1.82, 2.24) is 14.5 Å². The van der Waals surface area contributed by atoms with Crippen molar-refractivity contribution in [2.45, 2.75) is 36.4 Å². The van der Waals surface area contributed by atoms with Gasteiger partial charge in [0.25, 0.3) is 0 Å². The average Bonchev–Trinajstić information content (AvgIpc) is 3.12. The van der Waals surface area contributed by atoms with E-state index in [0.717, 1.165) is 24.3 Å². The molecule has 3 N–H and O–H groups in total. The van der Waals surface area contributed by atoms with Gasteiger partial charge in [-0.05, 0) is 43.5 Å². The number of nitrogens with zero attached hydrogens (tertiary/aromatic N) is 2. The molecule has 0 unspecified atom stereocenters. The molecule has 1 aliphatic carbocycles. The zero-order valence-electron chi connectivity index (χ0n) is 16.6. The lowest BCUT2D eigenvalue weighted by atomic mass is 9.61. The fraction of sp³-hybridized carbons (Fsp3) is 0.579. The lowest BCUT2D eigenvalue weighted by Gasteiger charge is -2.59. The molecule has 0 radical (unpaired) electrons. The Labute approximate surface area is 177 Å². The first-order valence-electron chi connectivity index (χ1n) is 9.91. The Hall–Kier alpha value is -2.34.